The number of ether oxygens (including phenoxy) is 2. The zero-order valence-electron chi connectivity index (χ0n) is 14.8. The van der Waals surface area contributed by atoms with Crippen LogP contribution in [0.3, 0.4) is 0 Å². The van der Waals surface area contributed by atoms with E-state index >= 15 is 0 Å². The fraction of sp³-hybridized carbons (Fsp3) is 0.556. The zero-order chi connectivity index (χ0) is 18.2. The number of unbranched alkanes of at least 4 members (excludes halogenated alkanes) is 1. The van der Waals surface area contributed by atoms with E-state index in [1.165, 1.54) is 0 Å². The molecule has 26 heavy (non-hydrogen) atoms. The number of aliphatic hydroxyl groups excluding tert-OH is 1. The first-order valence-electron chi connectivity index (χ1n) is 9.07. The fourth-order valence-electron chi connectivity index (χ4n) is 2.86. The van der Waals surface area contributed by atoms with Gasteiger partial charge in [0.15, 0.2) is 0 Å². The number of aromatic amines is 1. The summed E-state index contributed by atoms with van der Waals surface area (Å²) in [7, 11) is 0. The van der Waals surface area contributed by atoms with Gasteiger partial charge in [-0.3, -0.25) is 5.10 Å². The van der Waals surface area contributed by atoms with Crippen LogP contribution >= 0.6 is 0 Å². The molecule has 1 aliphatic heterocycles. The van der Waals surface area contributed by atoms with E-state index < -0.39 is 6.10 Å². The Kier molecular flexibility index (Phi) is 6.68. The maximum atomic E-state index is 11.9. The van der Waals surface area contributed by atoms with Crippen LogP contribution < -0.4 is 10.1 Å². The van der Waals surface area contributed by atoms with Gasteiger partial charge in [0.05, 0.1) is 31.0 Å². The van der Waals surface area contributed by atoms with Crippen LogP contribution in [-0.2, 0) is 4.74 Å². The summed E-state index contributed by atoms with van der Waals surface area (Å²) in [5.74, 6) is 0.718. The highest BCUT2D eigenvalue weighted by atomic mass is 16.5. The van der Waals surface area contributed by atoms with Gasteiger partial charge in [-0.15, -0.1) is 0 Å². The Hall–Kier alpha value is -2.32. The van der Waals surface area contributed by atoms with Crippen molar-refractivity contribution in [3.8, 4) is 5.75 Å². The Labute approximate surface area is 152 Å². The highest BCUT2D eigenvalue weighted by Crippen LogP contribution is 2.19. The van der Waals surface area contributed by atoms with E-state index in [0.717, 1.165) is 29.5 Å². The van der Waals surface area contributed by atoms with Gasteiger partial charge >= 0.3 is 6.03 Å². The first-order valence-corrected chi connectivity index (χ1v) is 9.07. The van der Waals surface area contributed by atoms with Crippen molar-refractivity contribution >= 4 is 16.9 Å². The number of fused-ring (bicyclic) bond motifs is 1. The molecule has 0 bridgehead atoms. The monoisotopic (exact) mass is 362 g/mol. The van der Waals surface area contributed by atoms with Gasteiger partial charge in [0.1, 0.15) is 12.4 Å². The second-order valence-electron chi connectivity index (χ2n) is 6.41. The molecule has 142 valence electrons. The lowest BCUT2D eigenvalue weighted by Gasteiger charge is -2.26. The minimum atomic E-state index is -0.523. The number of amides is 2. The first kappa shape index (κ1) is 18.5. The second kappa shape index (κ2) is 9.40. The van der Waals surface area contributed by atoms with E-state index in [-0.39, 0.29) is 12.6 Å². The number of carbonyl (C=O) groups excluding carboxylic acids is 1. The van der Waals surface area contributed by atoms with Crippen molar-refractivity contribution < 1.29 is 19.4 Å². The number of hydrogen-bond acceptors (Lipinski definition) is 5. The third-order valence-corrected chi connectivity index (χ3v) is 4.39. The Morgan fingerprint density at radius 1 is 1.38 bits per heavy atom. The minimum absolute atomic E-state index is 0.0354. The van der Waals surface area contributed by atoms with Crippen LogP contribution in [0, 0.1) is 0 Å². The third-order valence-electron chi connectivity index (χ3n) is 4.39. The standard InChI is InChI=1S/C18H26N4O4/c23-15(13-26-16-4-5-17-14(11-16)12-20-21-17)3-1-2-6-19-18(24)22-7-9-25-10-8-22/h4-5,11-12,15,23H,1-3,6-10,13H2,(H,19,24)(H,20,21)/t15-/m0/s1. The summed E-state index contributed by atoms with van der Waals surface area (Å²) in [6.45, 7) is 3.36. The summed E-state index contributed by atoms with van der Waals surface area (Å²) < 4.78 is 10.9. The minimum Gasteiger partial charge on any atom is -0.491 e. The largest absolute Gasteiger partial charge is 0.491 e. The summed E-state index contributed by atoms with van der Waals surface area (Å²) in [5, 5.41) is 20.8. The molecular formula is C18H26N4O4. The van der Waals surface area contributed by atoms with Crippen molar-refractivity contribution in [3.05, 3.63) is 24.4 Å². The van der Waals surface area contributed by atoms with Gasteiger partial charge in [-0.25, -0.2) is 4.79 Å². The molecular weight excluding hydrogens is 336 g/mol. The van der Waals surface area contributed by atoms with Crippen LogP contribution in [0.1, 0.15) is 19.3 Å². The molecule has 8 nitrogen and oxygen atoms in total. The molecule has 1 aromatic carbocycles. The number of rotatable bonds is 8. The number of aliphatic hydroxyl groups is 1. The second-order valence-corrected chi connectivity index (χ2v) is 6.41. The number of morpholine rings is 1. The molecule has 3 rings (SSSR count). The number of urea groups is 1. The number of H-pyrrole nitrogens is 1. The van der Waals surface area contributed by atoms with Gasteiger partial charge in [-0.2, -0.15) is 5.10 Å². The van der Waals surface area contributed by atoms with Gasteiger partial charge in [0.25, 0.3) is 0 Å². The Balaban J connectivity index is 1.26. The molecule has 0 saturated carbocycles. The van der Waals surface area contributed by atoms with Gasteiger partial charge in [0, 0.05) is 25.0 Å². The van der Waals surface area contributed by atoms with Crippen molar-refractivity contribution in [3.63, 3.8) is 0 Å². The molecule has 1 fully saturated rings. The summed E-state index contributed by atoms with van der Waals surface area (Å²) in [6.07, 6.45) is 3.51. The smallest absolute Gasteiger partial charge is 0.317 e. The molecule has 1 aliphatic rings. The molecule has 2 amide bonds. The number of aromatic nitrogens is 2. The maximum absolute atomic E-state index is 11.9. The lowest BCUT2D eigenvalue weighted by atomic mass is 10.1. The molecule has 0 aliphatic carbocycles. The quantitative estimate of drug-likeness (QED) is 0.618. The lowest BCUT2D eigenvalue weighted by molar-refractivity contribution is 0.0532. The molecule has 2 aromatic rings. The molecule has 0 unspecified atom stereocenters. The SMILES string of the molecule is O=C(NCCCC[C@H](O)COc1ccc2[nH]ncc2c1)N1CCOCC1. The normalized spacial score (nSPS) is 15.8. The summed E-state index contributed by atoms with van der Waals surface area (Å²) in [5.41, 5.74) is 0.956. The van der Waals surface area contributed by atoms with Crippen LogP contribution in [0.15, 0.2) is 24.4 Å². The Morgan fingerprint density at radius 2 is 2.23 bits per heavy atom. The van der Waals surface area contributed by atoms with E-state index in [4.69, 9.17) is 9.47 Å². The van der Waals surface area contributed by atoms with E-state index in [9.17, 15) is 9.90 Å². The molecule has 0 spiro atoms. The number of hydrogen-bond donors (Lipinski definition) is 3. The van der Waals surface area contributed by atoms with Gasteiger partial charge in [0.2, 0.25) is 0 Å². The van der Waals surface area contributed by atoms with Crippen molar-refractivity contribution in [2.45, 2.75) is 25.4 Å². The van der Waals surface area contributed by atoms with Crippen LogP contribution in [0.25, 0.3) is 10.9 Å². The third kappa shape index (κ3) is 5.34. The highest BCUT2D eigenvalue weighted by molar-refractivity contribution is 5.79. The molecule has 2 heterocycles. The maximum Gasteiger partial charge on any atom is 0.317 e. The molecule has 1 saturated heterocycles. The average Bonchev–Trinajstić information content (AvgIpc) is 3.14. The summed E-state index contributed by atoms with van der Waals surface area (Å²) in [6, 6.07) is 5.62. The van der Waals surface area contributed by atoms with Crippen LogP contribution in [-0.4, -0.2) is 71.8 Å². The predicted octanol–water partition coefficient (Wildman–Crippen LogP) is 1.51. The molecule has 3 N–H and O–H groups in total. The van der Waals surface area contributed by atoms with Crippen molar-refractivity contribution in [2.75, 3.05) is 39.5 Å². The van der Waals surface area contributed by atoms with E-state index in [1.54, 1.807) is 11.1 Å². The van der Waals surface area contributed by atoms with Gasteiger partial charge in [-0.05, 0) is 37.5 Å². The fourth-order valence-corrected chi connectivity index (χ4v) is 2.86. The number of nitrogens with one attached hydrogen (secondary N) is 2. The average molecular weight is 362 g/mol. The van der Waals surface area contributed by atoms with Crippen LogP contribution in [0.4, 0.5) is 4.79 Å². The Morgan fingerprint density at radius 3 is 3.08 bits per heavy atom. The molecule has 1 atom stereocenters. The lowest BCUT2D eigenvalue weighted by Crippen LogP contribution is -2.46. The highest BCUT2D eigenvalue weighted by Gasteiger charge is 2.15. The Bertz CT molecular complexity index is 699. The topological polar surface area (TPSA) is 99.7 Å². The molecule has 0 radical (unpaired) electrons. The van der Waals surface area contributed by atoms with Gasteiger partial charge in [-0.1, -0.05) is 0 Å². The summed E-state index contributed by atoms with van der Waals surface area (Å²) >= 11 is 0. The predicted molar refractivity (Wildman–Crippen MR) is 97.2 cm³/mol. The van der Waals surface area contributed by atoms with Crippen LogP contribution in [0.2, 0.25) is 0 Å². The van der Waals surface area contributed by atoms with Gasteiger partial charge < -0.3 is 24.8 Å². The van der Waals surface area contributed by atoms with Crippen molar-refractivity contribution in [1.29, 1.82) is 0 Å². The first-order chi connectivity index (χ1) is 12.7. The summed E-state index contributed by atoms with van der Waals surface area (Å²) in [4.78, 5) is 13.7. The van der Waals surface area contributed by atoms with Crippen molar-refractivity contribution in [1.82, 2.24) is 20.4 Å². The van der Waals surface area contributed by atoms with Crippen molar-refractivity contribution in [2.24, 2.45) is 0 Å². The van der Waals surface area contributed by atoms with E-state index in [2.05, 4.69) is 15.5 Å². The number of carbonyl (C=O) groups is 1. The van der Waals surface area contributed by atoms with E-state index in [0.29, 0.717) is 39.3 Å². The molecule has 8 heteroatoms. The number of benzene rings is 1. The van der Waals surface area contributed by atoms with E-state index in [1.807, 2.05) is 18.2 Å². The van der Waals surface area contributed by atoms with Crippen LogP contribution in [0.5, 0.6) is 5.75 Å². The zero-order valence-corrected chi connectivity index (χ0v) is 14.8. The molecule has 1 aromatic heterocycles. The number of nitrogens with zero attached hydrogens (tertiary/aromatic N) is 2.